The van der Waals surface area contributed by atoms with Crippen LogP contribution in [0.4, 0.5) is 26.2 Å². The zero-order chi connectivity index (χ0) is 76.1. The molecule has 28 nitrogen and oxygen atoms in total. The number of carbonyl (C=O) groups excluding carboxylic acids is 8. The number of pyridine rings is 1. The summed E-state index contributed by atoms with van der Waals surface area (Å²) < 4.78 is 16.4. The average molecular weight is 1490 g/mol. The highest BCUT2D eigenvalue weighted by atomic mass is 32.1. The Bertz CT molecular complexity index is 4360. The van der Waals surface area contributed by atoms with E-state index in [1.54, 1.807) is 55.3 Å². The van der Waals surface area contributed by atoms with Crippen LogP contribution in [0.5, 0.6) is 0 Å². The summed E-state index contributed by atoms with van der Waals surface area (Å²) in [5.74, 6) is -5.01. The van der Waals surface area contributed by atoms with Crippen molar-refractivity contribution < 1.29 is 67.6 Å². The molecule has 3 aromatic carbocycles. The molecule has 6 heterocycles. The molecular weight excluding hydrogens is 1390 g/mol. The van der Waals surface area contributed by atoms with Gasteiger partial charge in [0, 0.05) is 105 Å². The minimum absolute atomic E-state index is 0.0185. The summed E-state index contributed by atoms with van der Waals surface area (Å²) in [6.07, 6.45) is 12.2. The number of anilines is 3. The normalized spacial score (nSPS) is 21.7. The van der Waals surface area contributed by atoms with Crippen LogP contribution >= 0.6 is 11.3 Å². The van der Waals surface area contributed by atoms with Crippen molar-refractivity contribution in [3.05, 3.63) is 131 Å². The van der Waals surface area contributed by atoms with E-state index >= 15 is 0 Å². The Morgan fingerprint density at radius 2 is 1.53 bits per heavy atom. The number of carboxylic acids is 2. The van der Waals surface area contributed by atoms with Crippen LogP contribution in [0.3, 0.4) is 0 Å². The lowest BCUT2D eigenvalue weighted by Crippen LogP contribution is -2.64. The van der Waals surface area contributed by atoms with Crippen LogP contribution < -0.4 is 37.2 Å². The third kappa shape index (κ3) is 17.6. The van der Waals surface area contributed by atoms with Gasteiger partial charge in [0.05, 0.1) is 35.2 Å². The van der Waals surface area contributed by atoms with E-state index in [1.165, 1.54) is 28.4 Å². The minimum atomic E-state index is -1.24. The number of hydrogen-bond acceptors (Lipinski definition) is 18. The number of piperidine rings is 1. The molecule has 13 rings (SSSR count). The summed E-state index contributed by atoms with van der Waals surface area (Å²) in [5.41, 5.74) is 16.3. The molecule has 9 N–H and O–H groups in total. The molecule has 0 spiro atoms. The average Bonchev–Trinajstić information content (AvgIpc) is 0.813. The molecule has 2 unspecified atom stereocenters. The van der Waals surface area contributed by atoms with E-state index in [0.29, 0.717) is 104 Å². The van der Waals surface area contributed by atoms with Gasteiger partial charge in [0.1, 0.15) is 24.5 Å². The number of fused-ring (bicyclic) bond motifs is 2. The topological polar surface area (TPSA) is 378 Å². The maximum absolute atomic E-state index is 14.9. The van der Waals surface area contributed by atoms with E-state index in [2.05, 4.69) is 34.8 Å². The molecular formula is C78H96N14O14S. The van der Waals surface area contributed by atoms with Gasteiger partial charge in [-0.2, -0.15) is 5.10 Å². The summed E-state index contributed by atoms with van der Waals surface area (Å²) >= 11 is 1.41. The van der Waals surface area contributed by atoms with E-state index in [4.69, 9.17) is 31.0 Å². The molecule has 3 aliphatic heterocycles. The van der Waals surface area contributed by atoms with Crippen LogP contribution in [0.1, 0.15) is 161 Å². The van der Waals surface area contributed by atoms with Gasteiger partial charge in [-0.3, -0.25) is 58.3 Å². The van der Waals surface area contributed by atoms with Gasteiger partial charge < -0.3 is 51.6 Å². The number of amides is 9. The van der Waals surface area contributed by atoms with Gasteiger partial charge in [0.2, 0.25) is 11.8 Å². The number of urea groups is 1. The first-order valence-corrected chi connectivity index (χ1v) is 37.8. The highest BCUT2D eigenvalue weighted by molar-refractivity contribution is 7.22. The van der Waals surface area contributed by atoms with E-state index in [1.807, 2.05) is 69.9 Å². The van der Waals surface area contributed by atoms with Crippen molar-refractivity contribution in [2.45, 2.75) is 174 Å². The van der Waals surface area contributed by atoms with Crippen LogP contribution in [0.2, 0.25) is 0 Å². The van der Waals surface area contributed by atoms with Crippen molar-refractivity contribution in [2.24, 2.45) is 33.6 Å². The van der Waals surface area contributed by atoms with Crippen LogP contribution in [-0.2, 0) is 64.4 Å². The summed E-state index contributed by atoms with van der Waals surface area (Å²) in [7, 11) is 0. The number of nitrogens with one attached hydrogen (secondary N) is 3. The number of nitrogens with zero attached hydrogens (tertiary/aromatic N) is 9. The largest absolute Gasteiger partial charge is 0.480 e. The molecule has 568 valence electrons. The quantitative estimate of drug-likeness (QED) is 0.0153. The SMILES string of the molecule is Cc1c(-c2ccc(N3CCc4cccc(C(=O)Nc5nc6ccccc6s5)c4C3)nc2C(=O)O)cnn1CC12CC3(C)CC(C)(C1)CC(OCCN(C(=O)OCc1ccc(N(C(=O)[C@@H](NC(=O)CCCCCN4C(=O)C=CC4=O)C(C)C)[C@@H](CCCNC(N)=O)C(N)=O)cc1)C1CCN(CC(=O)O)CC1)(C3)C2. The van der Waals surface area contributed by atoms with Gasteiger partial charge in [-0.1, -0.05) is 81.9 Å². The maximum atomic E-state index is 14.9. The molecule has 3 aromatic heterocycles. The van der Waals surface area contributed by atoms with Crippen molar-refractivity contribution in [1.29, 1.82) is 0 Å². The van der Waals surface area contributed by atoms with Gasteiger partial charge in [-0.15, -0.1) is 0 Å². The van der Waals surface area contributed by atoms with Crippen LogP contribution in [0, 0.1) is 29.1 Å². The van der Waals surface area contributed by atoms with Gasteiger partial charge in [-0.05, 0) is 172 Å². The van der Waals surface area contributed by atoms with Gasteiger partial charge in [0.25, 0.3) is 23.6 Å². The number of carbonyl (C=O) groups is 10. The molecule has 4 bridgehead atoms. The number of likely N-dealkylation sites (tertiary alicyclic amines) is 1. The molecule has 107 heavy (non-hydrogen) atoms. The number of primary amides is 2. The number of thiazole rings is 1. The number of nitrogens with two attached hydrogens (primary N) is 2. The molecule has 4 aliphatic carbocycles. The second kappa shape index (κ2) is 32.1. The first-order chi connectivity index (χ1) is 51.1. The van der Waals surface area contributed by atoms with Crippen molar-refractivity contribution in [3.63, 3.8) is 0 Å². The smallest absolute Gasteiger partial charge is 0.410 e. The van der Waals surface area contributed by atoms with E-state index in [-0.39, 0.29) is 110 Å². The van der Waals surface area contributed by atoms with Crippen molar-refractivity contribution >= 4 is 97.7 Å². The molecule has 4 atom stereocenters. The second-order valence-corrected chi connectivity index (χ2v) is 32.1. The summed E-state index contributed by atoms with van der Waals surface area (Å²) in [6, 6.07) is 20.2. The number of benzene rings is 3. The van der Waals surface area contributed by atoms with Crippen LogP contribution in [0.15, 0.2) is 97.2 Å². The monoisotopic (exact) mass is 1480 g/mol. The fraction of sp³-hybridized carbons (Fsp3) is 0.500. The lowest BCUT2D eigenvalue weighted by molar-refractivity contribution is -0.249. The number of imide groups is 1. The summed E-state index contributed by atoms with van der Waals surface area (Å²) in [4.78, 5) is 148. The van der Waals surface area contributed by atoms with E-state index in [0.717, 1.165) is 70.5 Å². The third-order valence-corrected chi connectivity index (χ3v) is 23.1. The fourth-order valence-electron chi connectivity index (χ4n) is 18.4. The highest BCUT2D eigenvalue weighted by Crippen LogP contribution is 2.72. The first-order valence-electron chi connectivity index (χ1n) is 37.0. The number of unbranched alkanes of at least 4 members (excludes halogenated alkanes) is 2. The maximum Gasteiger partial charge on any atom is 0.410 e. The van der Waals surface area contributed by atoms with E-state index < -0.39 is 65.4 Å². The Morgan fingerprint density at radius 1 is 0.804 bits per heavy atom. The van der Waals surface area contributed by atoms with Gasteiger partial charge >= 0.3 is 24.1 Å². The predicted octanol–water partition coefficient (Wildman–Crippen LogP) is 8.96. The molecule has 7 aliphatic rings. The Morgan fingerprint density at radius 3 is 2.21 bits per heavy atom. The third-order valence-electron chi connectivity index (χ3n) is 22.1. The molecule has 5 fully saturated rings. The van der Waals surface area contributed by atoms with Gasteiger partial charge in [-0.25, -0.2) is 24.4 Å². The lowest BCUT2D eigenvalue weighted by atomic mass is 9.39. The Labute approximate surface area is 624 Å². The highest BCUT2D eigenvalue weighted by Gasteiger charge is 2.66. The Balaban J connectivity index is 0.715. The molecule has 29 heteroatoms. The number of carboxylic acid groups (broad SMARTS) is 2. The number of rotatable bonds is 32. The minimum Gasteiger partial charge on any atom is -0.480 e. The molecule has 4 saturated carbocycles. The van der Waals surface area contributed by atoms with Crippen molar-refractivity contribution in [3.8, 4) is 11.1 Å². The summed E-state index contributed by atoms with van der Waals surface area (Å²) in [5, 5.41) is 34.3. The Hall–Kier alpha value is -10.1. The number of hydrogen-bond donors (Lipinski definition) is 7. The summed E-state index contributed by atoms with van der Waals surface area (Å²) in [6.45, 7) is 12.9. The number of ether oxygens (including phenoxy) is 2. The number of para-hydroxylation sites is 1. The molecule has 6 aromatic rings. The predicted molar refractivity (Wildman–Crippen MR) is 400 cm³/mol. The molecule has 1 saturated heterocycles. The van der Waals surface area contributed by atoms with Crippen molar-refractivity contribution in [1.82, 2.24) is 45.1 Å². The second-order valence-electron chi connectivity index (χ2n) is 31.1. The first kappa shape index (κ1) is 76.5. The standard InChI is InChI=1S/C78H96N14O14S/c1-48(2)66(85-62(93)18-7-6-10-31-90-63(94)25-26-64(90)95)70(100)92(59(68(79)98)16-12-30-81-72(80)103)53-21-19-50(20-22-53)40-105-74(104)89(52-28-32-87(33-29-52)39-65(96)97)35-36-106-78-44-75(4)41-76(5,45-78)43-77(42-75,46-78)47-91-49(3)56(37-82-91)54-23-24-61(84-67(54)71(101)102)88-34-27-51-13-11-14-55(57(51)38-88)69(99)86-73-83-58-15-8-9-17-60(58)107-73/h8-9,11,13-15,17,19-26,37,48,52,59,66H,6-7,10,12,16,18,27-36,38-47H2,1-5H3,(H2,79,98)(H,85,93)(H,96,97)(H,101,102)(H3,80,81,103)(H,83,86,99)/t59-,66-,75?,76?,77?,78?/m0/s1. The number of aromatic nitrogens is 4. The van der Waals surface area contributed by atoms with Gasteiger partial charge in [0.15, 0.2) is 10.8 Å². The number of aliphatic carboxylic acids is 1. The fourth-order valence-corrected chi connectivity index (χ4v) is 19.3. The number of aromatic carboxylic acids is 1. The van der Waals surface area contributed by atoms with E-state index in [9.17, 15) is 58.2 Å². The Kier molecular flexibility index (Phi) is 23.0. The van der Waals surface area contributed by atoms with Crippen molar-refractivity contribution in [2.75, 3.05) is 67.5 Å². The molecule has 9 amide bonds. The lowest BCUT2D eigenvalue weighted by Gasteiger charge is -2.69. The zero-order valence-corrected chi connectivity index (χ0v) is 62.1. The zero-order valence-electron chi connectivity index (χ0n) is 61.3. The van der Waals surface area contributed by atoms with Crippen LogP contribution in [-0.4, -0.2) is 180 Å². The van der Waals surface area contributed by atoms with Crippen LogP contribution in [0.25, 0.3) is 21.3 Å². The molecule has 0 radical (unpaired) electrons.